The predicted molar refractivity (Wildman–Crippen MR) is 92.8 cm³/mol. The highest BCUT2D eigenvalue weighted by atomic mass is 16.5. The van der Waals surface area contributed by atoms with Crippen molar-refractivity contribution in [2.75, 3.05) is 12.4 Å². The Kier molecular flexibility index (Phi) is 6.22. The number of amides is 1. The molecule has 0 aliphatic rings. The first kappa shape index (κ1) is 18.1. The van der Waals surface area contributed by atoms with Crippen molar-refractivity contribution in [2.24, 2.45) is 5.18 Å². The molecule has 0 heterocycles. The van der Waals surface area contributed by atoms with E-state index in [9.17, 15) is 14.5 Å². The molecule has 0 bridgehead atoms. The number of anilines is 1. The van der Waals surface area contributed by atoms with Gasteiger partial charge in [-0.15, -0.1) is 0 Å². The maximum absolute atomic E-state index is 12.3. The molecule has 0 radical (unpaired) electrons. The third-order valence-electron chi connectivity index (χ3n) is 3.66. The fourth-order valence-corrected chi connectivity index (χ4v) is 2.36. The highest BCUT2D eigenvalue weighted by Crippen LogP contribution is 2.25. The molecule has 130 valence electrons. The molecule has 2 rings (SSSR count). The first-order chi connectivity index (χ1) is 12.0. The van der Waals surface area contributed by atoms with E-state index in [1.165, 1.54) is 7.11 Å². The van der Waals surface area contributed by atoms with Gasteiger partial charge in [-0.3, -0.25) is 9.59 Å². The smallest absolute Gasteiger partial charge is 0.303 e. The number of nitroso groups, excluding NO2 is 1. The molecule has 0 aromatic heterocycles. The van der Waals surface area contributed by atoms with E-state index < -0.39 is 12.0 Å². The summed E-state index contributed by atoms with van der Waals surface area (Å²) in [5.41, 5.74) is 1.55. The van der Waals surface area contributed by atoms with E-state index in [1.807, 2.05) is 0 Å². The van der Waals surface area contributed by atoms with Crippen molar-refractivity contribution >= 4 is 17.6 Å². The lowest BCUT2D eigenvalue weighted by molar-refractivity contribution is -0.137. The normalized spacial score (nSPS) is 11.4. The van der Waals surface area contributed by atoms with Crippen LogP contribution < -0.4 is 10.1 Å². The molecular formula is C18H18N2O5. The molecule has 1 amide bonds. The Bertz CT molecular complexity index is 758. The van der Waals surface area contributed by atoms with Gasteiger partial charge in [0.1, 0.15) is 11.8 Å². The summed E-state index contributed by atoms with van der Waals surface area (Å²) in [5, 5.41) is 14.4. The number of aliphatic carboxylic acids is 1. The predicted octanol–water partition coefficient (Wildman–Crippen LogP) is 3.62. The second-order valence-corrected chi connectivity index (χ2v) is 5.33. The second kappa shape index (κ2) is 8.58. The molecule has 0 saturated carbocycles. The quantitative estimate of drug-likeness (QED) is 0.713. The third kappa shape index (κ3) is 4.87. The number of carboxylic acids is 1. The number of carboxylic acid groups (broad SMARTS) is 1. The number of benzene rings is 2. The standard InChI is InChI=1S/C18H18N2O5/c1-25-16-5-3-2-4-14(16)18(23)19-13-8-6-12(7-9-13)15(20-24)10-11-17(21)22/h2-9,15H,10-11H2,1H3,(H,19,23)(H,21,22). The Morgan fingerprint density at radius 3 is 2.44 bits per heavy atom. The Hall–Kier alpha value is -3.22. The van der Waals surface area contributed by atoms with Gasteiger partial charge in [0.25, 0.3) is 5.91 Å². The van der Waals surface area contributed by atoms with Crippen LogP contribution in [-0.4, -0.2) is 24.1 Å². The minimum atomic E-state index is -0.977. The molecule has 2 aromatic rings. The minimum Gasteiger partial charge on any atom is -0.496 e. The van der Waals surface area contributed by atoms with Crippen LogP contribution in [0.4, 0.5) is 5.69 Å². The summed E-state index contributed by atoms with van der Waals surface area (Å²) >= 11 is 0. The fraction of sp³-hybridized carbons (Fsp3) is 0.222. The number of hydrogen-bond donors (Lipinski definition) is 2. The number of carbonyl (C=O) groups is 2. The van der Waals surface area contributed by atoms with Crippen LogP contribution >= 0.6 is 0 Å². The molecule has 2 aromatic carbocycles. The Labute approximate surface area is 144 Å². The van der Waals surface area contributed by atoms with Crippen LogP contribution in [0.5, 0.6) is 5.75 Å². The highest BCUT2D eigenvalue weighted by Gasteiger charge is 2.15. The van der Waals surface area contributed by atoms with E-state index >= 15 is 0 Å². The van der Waals surface area contributed by atoms with Gasteiger partial charge in [0.15, 0.2) is 0 Å². The van der Waals surface area contributed by atoms with Crippen LogP contribution in [0.2, 0.25) is 0 Å². The van der Waals surface area contributed by atoms with Gasteiger partial charge in [-0.1, -0.05) is 29.4 Å². The average Bonchev–Trinajstić information content (AvgIpc) is 2.63. The summed E-state index contributed by atoms with van der Waals surface area (Å²) < 4.78 is 5.16. The van der Waals surface area contributed by atoms with Gasteiger partial charge in [0.05, 0.1) is 12.7 Å². The Balaban J connectivity index is 2.08. The summed E-state index contributed by atoms with van der Waals surface area (Å²) in [6, 6.07) is 12.7. The van der Waals surface area contributed by atoms with E-state index in [2.05, 4.69) is 10.5 Å². The van der Waals surface area contributed by atoms with Crippen molar-refractivity contribution in [3.05, 3.63) is 64.6 Å². The molecule has 2 N–H and O–H groups in total. The molecule has 7 heteroatoms. The van der Waals surface area contributed by atoms with Gasteiger partial charge in [-0.2, -0.15) is 4.91 Å². The largest absolute Gasteiger partial charge is 0.496 e. The third-order valence-corrected chi connectivity index (χ3v) is 3.66. The Morgan fingerprint density at radius 2 is 1.84 bits per heavy atom. The molecule has 0 aliphatic carbocycles. The van der Waals surface area contributed by atoms with Gasteiger partial charge in [0, 0.05) is 12.1 Å². The van der Waals surface area contributed by atoms with Crippen LogP contribution in [-0.2, 0) is 4.79 Å². The summed E-state index contributed by atoms with van der Waals surface area (Å²) in [6.07, 6.45) is -0.00551. The first-order valence-corrected chi connectivity index (χ1v) is 7.63. The Morgan fingerprint density at radius 1 is 1.16 bits per heavy atom. The second-order valence-electron chi connectivity index (χ2n) is 5.33. The average molecular weight is 342 g/mol. The number of nitrogens with one attached hydrogen (secondary N) is 1. The summed E-state index contributed by atoms with van der Waals surface area (Å²) in [4.78, 5) is 33.8. The van der Waals surface area contributed by atoms with E-state index in [-0.39, 0.29) is 18.7 Å². The molecule has 1 unspecified atom stereocenters. The summed E-state index contributed by atoms with van der Waals surface area (Å²) in [6.45, 7) is 0. The molecule has 0 spiro atoms. The topological polar surface area (TPSA) is 105 Å². The van der Waals surface area contributed by atoms with E-state index in [1.54, 1.807) is 48.5 Å². The SMILES string of the molecule is COc1ccccc1C(=O)Nc1ccc(C(CCC(=O)O)N=O)cc1. The van der Waals surface area contributed by atoms with Crippen LogP contribution in [0.25, 0.3) is 0 Å². The number of rotatable bonds is 8. The molecule has 7 nitrogen and oxygen atoms in total. The maximum Gasteiger partial charge on any atom is 0.303 e. The van der Waals surface area contributed by atoms with Crippen LogP contribution in [0.3, 0.4) is 0 Å². The molecule has 0 saturated heterocycles. The number of methoxy groups -OCH3 is 1. The van der Waals surface area contributed by atoms with Gasteiger partial charge >= 0.3 is 5.97 Å². The van der Waals surface area contributed by atoms with E-state index in [4.69, 9.17) is 9.84 Å². The molecule has 25 heavy (non-hydrogen) atoms. The van der Waals surface area contributed by atoms with E-state index in [0.29, 0.717) is 22.6 Å². The number of para-hydroxylation sites is 1. The molecule has 0 fully saturated rings. The lowest BCUT2D eigenvalue weighted by atomic mass is 10.0. The number of ether oxygens (including phenoxy) is 1. The molecule has 1 atom stereocenters. The van der Waals surface area contributed by atoms with Crippen molar-refractivity contribution in [1.29, 1.82) is 0 Å². The monoisotopic (exact) mass is 342 g/mol. The minimum absolute atomic E-state index is 0.131. The number of carbonyl (C=O) groups excluding carboxylic acids is 1. The highest BCUT2D eigenvalue weighted by molar-refractivity contribution is 6.06. The van der Waals surface area contributed by atoms with Crippen molar-refractivity contribution in [2.45, 2.75) is 18.9 Å². The fourth-order valence-electron chi connectivity index (χ4n) is 2.36. The lowest BCUT2D eigenvalue weighted by Gasteiger charge is -2.11. The van der Waals surface area contributed by atoms with Crippen molar-refractivity contribution in [3.8, 4) is 5.75 Å². The van der Waals surface area contributed by atoms with Gasteiger partial charge in [-0.05, 0) is 36.2 Å². The molecular weight excluding hydrogens is 324 g/mol. The van der Waals surface area contributed by atoms with Gasteiger partial charge in [0.2, 0.25) is 0 Å². The maximum atomic E-state index is 12.3. The van der Waals surface area contributed by atoms with Crippen LogP contribution in [0.1, 0.15) is 34.8 Å². The number of hydrogen-bond acceptors (Lipinski definition) is 5. The number of nitrogens with zero attached hydrogens (tertiary/aromatic N) is 1. The zero-order chi connectivity index (χ0) is 18.2. The van der Waals surface area contributed by atoms with Crippen molar-refractivity contribution in [3.63, 3.8) is 0 Å². The molecule has 0 aliphatic heterocycles. The van der Waals surface area contributed by atoms with Crippen LogP contribution in [0, 0.1) is 4.91 Å². The van der Waals surface area contributed by atoms with Crippen molar-refractivity contribution in [1.82, 2.24) is 0 Å². The van der Waals surface area contributed by atoms with E-state index in [0.717, 1.165) is 0 Å². The summed E-state index contributed by atoms with van der Waals surface area (Å²) in [5.74, 6) is -0.828. The van der Waals surface area contributed by atoms with Gasteiger partial charge in [-0.25, -0.2) is 0 Å². The first-order valence-electron chi connectivity index (χ1n) is 7.63. The van der Waals surface area contributed by atoms with Gasteiger partial charge < -0.3 is 15.2 Å². The van der Waals surface area contributed by atoms with Crippen molar-refractivity contribution < 1.29 is 19.4 Å². The zero-order valence-corrected chi connectivity index (χ0v) is 13.6. The summed E-state index contributed by atoms with van der Waals surface area (Å²) in [7, 11) is 1.49. The van der Waals surface area contributed by atoms with Crippen LogP contribution in [0.15, 0.2) is 53.7 Å². The lowest BCUT2D eigenvalue weighted by Crippen LogP contribution is -2.13. The zero-order valence-electron chi connectivity index (χ0n) is 13.6.